The fourth-order valence-electron chi connectivity index (χ4n) is 1.57. The standard InChI is InChI=1S/C11H18O4/c1-2-5-15-11(13)8-10(12)9-3-6-14-7-4-9/h9H,2-8H2,1H3. The van der Waals surface area contributed by atoms with E-state index < -0.39 is 5.97 Å². The number of carbonyl (C=O) groups is 2. The van der Waals surface area contributed by atoms with Crippen molar-refractivity contribution in [2.45, 2.75) is 32.6 Å². The first-order chi connectivity index (χ1) is 7.24. The number of Topliss-reactive ketones (excluding diaryl/α,β-unsaturated/α-hetero) is 1. The van der Waals surface area contributed by atoms with Gasteiger partial charge in [0.2, 0.25) is 0 Å². The van der Waals surface area contributed by atoms with E-state index in [0.29, 0.717) is 19.8 Å². The molecule has 0 unspecified atom stereocenters. The lowest BCUT2D eigenvalue weighted by Gasteiger charge is -2.20. The molecule has 0 amide bonds. The second kappa shape index (κ2) is 6.56. The maximum Gasteiger partial charge on any atom is 0.313 e. The first kappa shape index (κ1) is 12.2. The molecule has 0 aliphatic carbocycles. The average molecular weight is 214 g/mol. The molecule has 0 saturated carbocycles. The molecule has 1 rings (SSSR count). The molecule has 0 aromatic rings. The highest BCUT2D eigenvalue weighted by atomic mass is 16.5. The molecule has 0 aromatic heterocycles. The lowest BCUT2D eigenvalue weighted by atomic mass is 9.94. The third-order valence-corrected chi connectivity index (χ3v) is 2.46. The van der Waals surface area contributed by atoms with Crippen LogP contribution < -0.4 is 0 Å². The van der Waals surface area contributed by atoms with Crippen molar-refractivity contribution >= 4 is 11.8 Å². The van der Waals surface area contributed by atoms with Crippen LogP contribution in [-0.2, 0) is 19.1 Å². The number of hydrogen-bond donors (Lipinski definition) is 0. The summed E-state index contributed by atoms with van der Waals surface area (Å²) in [5.74, 6) is -0.402. The Bertz CT molecular complexity index is 219. The van der Waals surface area contributed by atoms with Crippen molar-refractivity contribution in [1.29, 1.82) is 0 Å². The molecule has 0 N–H and O–H groups in total. The van der Waals surface area contributed by atoms with Gasteiger partial charge in [0.15, 0.2) is 0 Å². The van der Waals surface area contributed by atoms with Crippen LogP contribution in [0.4, 0.5) is 0 Å². The largest absolute Gasteiger partial charge is 0.465 e. The average Bonchev–Trinajstić information content (AvgIpc) is 2.27. The Morgan fingerprint density at radius 1 is 1.33 bits per heavy atom. The van der Waals surface area contributed by atoms with Gasteiger partial charge in [-0.3, -0.25) is 9.59 Å². The number of esters is 1. The maximum atomic E-state index is 11.6. The fraction of sp³-hybridized carbons (Fsp3) is 0.818. The van der Waals surface area contributed by atoms with Gasteiger partial charge in [-0.25, -0.2) is 0 Å². The molecule has 1 fully saturated rings. The molecular formula is C11H18O4. The van der Waals surface area contributed by atoms with Crippen molar-refractivity contribution < 1.29 is 19.1 Å². The van der Waals surface area contributed by atoms with Crippen molar-refractivity contribution in [1.82, 2.24) is 0 Å². The van der Waals surface area contributed by atoms with E-state index in [1.807, 2.05) is 6.92 Å². The maximum absolute atomic E-state index is 11.6. The molecule has 1 aliphatic rings. The van der Waals surface area contributed by atoms with Gasteiger partial charge in [0.25, 0.3) is 0 Å². The summed E-state index contributed by atoms with van der Waals surface area (Å²) in [6.45, 7) is 3.58. The van der Waals surface area contributed by atoms with E-state index in [4.69, 9.17) is 9.47 Å². The summed E-state index contributed by atoms with van der Waals surface area (Å²) in [6, 6.07) is 0. The van der Waals surface area contributed by atoms with Gasteiger partial charge in [-0.05, 0) is 19.3 Å². The molecule has 4 heteroatoms. The number of hydrogen-bond acceptors (Lipinski definition) is 4. The van der Waals surface area contributed by atoms with Gasteiger partial charge in [0.05, 0.1) is 6.61 Å². The molecule has 15 heavy (non-hydrogen) atoms. The lowest BCUT2D eigenvalue weighted by molar-refractivity contribution is -0.147. The van der Waals surface area contributed by atoms with Crippen LogP contribution in [-0.4, -0.2) is 31.6 Å². The van der Waals surface area contributed by atoms with Gasteiger partial charge in [-0.1, -0.05) is 6.92 Å². The minimum absolute atomic E-state index is 0.000553. The quantitative estimate of drug-likeness (QED) is 0.511. The second-order valence-corrected chi connectivity index (χ2v) is 3.75. The highest BCUT2D eigenvalue weighted by molar-refractivity contribution is 5.96. The number of carbonyl (C=O) groups excluding carboxylic acids is 2. The van der Waals surface area contributed by atoms with Crippen LogP contribution in [0.25, 0.3) is 0 Å². The van der Waals surface area contributed by atoms with Crippen molar-refractivity contribution in [2.75, 3.05) is 19.8 Å². The molecule has 86 valence electrons. The summed E-state index contributed by atoms with van der Waals surface area (Å²) in [5, 5.41) is 0. The zero-order valence-corrected chi connectivity index (χ0v) is 9.16. The van der Waals surface area contributed by atoms with Crippen LogP contribution in [0.15, 0.2) is 0 Å². The van der Waals surface area contributed by atoms with Crippen LogP contribution >= 0.6 is 0 Å². The van der Waals surface area contributed by atoms with Crippen LogP contribution in [0, 0.1) is 5.92 Å². The van der Waals surface area contributed by atoms with Crippen LogP contribution in [0.3, 0.4) is 0 Å². The Morgan fingerprint density at radius 2 is 2.00 bits per heavy atom. The normalized spacial score (nSPS) is 17.4. The Hall–Kier alpha value is -0.900. The van der Waals surface area contributed by atoms with Crippen LogP contribution in [0.2, 0.25) is 0 Å². The molecule has 4 nitrogen and oxygen atoms in total. The van der Waals surface area contributed by atoms with E-state index >= 15 is 0 Å². The van der Waals surface area contributed by atoms with Gasteiger partial charge in [-0.2, -0.15) is 0 Å². The molecule has 1 heterocycles. The predicted octanol–water partition coefficient (Wildman–Crippen LogP) is 1.33. The van der Waals surface area contributed by atoms with Crippen molar-refractivity contribution in [3.8, 4) is 0 Å². The molecule has 0 atom stereocenters. The molecule has 1 aliphatic heterocycles. The molecule has 0 spiro atoms. The molecule has 0 bridgehead atoms. The molecule has 0 radical (unpaired) electrons. The van der Waals surface area contributed by atoms with Crippen molar-refractivity contribution in [3.05, 3.63) is 0 Å². The number of ketones is 1. The monoisotopic (exact) mass is 214 g/mol. The van der Waals surface area contributed by atoms with E-state index in [1.165, 1.54) is 0 Å². The van der Waals surface area contributed by atoms with Crippen molar-refractivity contribution in [2.24, 2.45) is 5.92 Å². The first-order valence-corrected chi connectivity index (χ1v) is 5.50. The molecular weight excluding hydrogens is 196 g/mol. The topological polar surface area (TPSA) is 52.6 Å². The summed E-state index contributed by atoms with van der Waals surface area (Å²) in [6.07, 6.45) is 2.18. The minimum Gasteiger partial charge on any atom is -0.465 e. The fourth-order valence-corrected chi connectivity index (χ4v) is 1.57. The molecule has 1 saturated heterocycles. The van der Waals surface area contributed by atoms with Gasteiger partial charge in [0.1, 0.15) is 12.2 Å². The molecule has 0 aromatic carbocycles. The summed E-state index contributed by atoms with van der Waals surface area (Å²) in [7, 11) is 0. The Morgan fingerprint density at radius 3 is 2.60 bits per heavy atom. The van der Waals surface area contributed by atoms with E-state index in [0.717, 1.165) is 19.3 Å². The third-order valence-electron chi connectivity index (χ3n) is 2.46. The zero-order chi connectivity index (χ0) is 11.1. The summed E-state index contributed by atoms with van der Waals surface area (Å²) in [5.41, 5.74) is 0. The predicted molar refractivity (Wildman–Crippen MR) is 54.4 cm³/mol. The van der Waals surface area contributed by atoms with Gasteiger partial charge in [-0.15, -0.1) is 0 Å². The highest BCUT2D eigenvalue weighted by Gasteiger charge is 2.23. The van der Waals surface area contributed by atoms with E-state index in [-0.39, 0.29) is 18.1 Å². The van der Waals surface area contributed by atoms with Gasteiger partial charge in [0, 0.05) is 19.1 Å². The highest BCUT2D eigenvalue weighted by Crippen LogP contribution is 2.17. The third kappa shape index (κ3) is 4.42. The van der Waals surface area contributed by atoms with Crippen LogP contribution in [0.5, 0.6) is 0 Å². The zero-order valence-electron chi connectivity index (χ0n) is 9.16. The smallest absolute Gasteiger partial charge is 0.313 e. The summed E-state index contributed by atoms with van der Waals surface area (Å²) >= 11 is 0. The SMILES string of the molecule is CCCOC(=O)CC(=O)C1CCOCC1. The summed E-state index contributed by atoms with van der Waals surface area (Å²) in [4.78, 5) is 22.8. The van der Waals surface area contributed by atoms with E-state index in [9.17, 15) is 9.59 Å². The Balaban J connectivity index is 2.24. The number of rotatable bonds is 5. The second-order valence-electron chi connectivity index (χ2n) is 3.75. The Kier molecular flexibility index (Phi) is 5.32. The van der Waals surface area contributed by atoms with E-state index in [1.54, 1.807) is 0 Å². The number of ether oxygens (including phenoxy) is 2. The lowest BCUT2D eigenvalue weighted by Crippen LogP contribution is -2.25. The summed E-state index contributed by atoms with van der Waals surface area (Å²) < 4.78 is 10.0. The minimum atomic E-state index is -0.395. The van der Waals surface area contributed by atoms with Crippen molar-refractivity contribution in [3.63, 3.8) is 0 Å². The van der Waals surface area contributed by atoms with E-state index in [2.05, 4.69) is 0 Å². The van der Waals surface area contributed by atoms with Crippen LogP contribution in [0.1, 0.15) is 32.6 Å². The van der Waals surface area contributed by atoms with Gasteiger partial charge >= 0.3 is 5.97 Å². The first-order valence-electron chi connectivity index (χ1n) is 5.50. The van der Waals surface area contributed by atoms with Gasteiger partial charge < -0.3 is 9.47 Å². The Labute approximate surface area is 89.9 Å².